The Bertz CT molecular complexity index is 227. The molecule has 1 rings (SSSR count). The summed E-state index contributed by atoms with van der Waals surface area (Å²) < 4.78 is 5.94. The zero-order valence-corrected chi connectivity index (χ0v) is 13.5. The van der Waals surface area contributed by atoms with E-state index in [9.17, 15) is 0 Å². The zero-order chi connectivity index (χ0) is 14.1. The number of hydrogen-bond acceptors (Lipinski definition) is 3. The molecule has 3 heteroatoms. The second-order valence-corrected chi connectivity index (χ2v) is 6.46. The fourth-order valence-electron chi connectivity index (χ4n) is 3.37. The summed E-state index contributed by atoms with van der Waals surface area (Å²) in [7, 11) is 2.07. The third-order valence-corrected chi connectivity index (χ3v) is 4.08. The maximum atomic E-state index is 5.94. The number of nitrogens with one attached hydrogen (secondary N) is 1. The number of rotatable bonds is 9. The molecule has 1 aliphatic rings. The van der Waals surface area contributed by atoms with Gasteiger partial charge in [-0.25, -0.2) is 0 Å². The van der Waals surface area contributed by atoms with Crippen LogP contribution in [0.4, 0.5) is 0 Å². The molecule has 0 amide bonds. The lowest BCUT2D eigenvalue weighted by Gasteiger charge is -2.39. The van der Waals surface area contributed by atoms with E-state index in [1.807, 2.05) is 0 Å². The van der Waals surface area contributed by atoms with Gasteiger partial charge in [-0.05, 0) is 44.7 Å². The Balaban J connectivity index is 2.44. The minimum atomic E-state index is 0.399. The molecule has 1 aliphatic heterocycles. The molecule has 0 aromatic rings. The second kappa shape index (κ2) is 8.93. The van der Waals surface area contributed by atoms with Gasteiger partial charge in [-0.15, -0.1) is 0 Å². The lowest BCUT2D eigenvalue weighted by molar-refractivity contribution is -0.0110. The van der Waals surface area contributed by atoms with Crippen molar-refractivity contribution in [2.75, 3.05) is 39.8 Å². The molecule has 2 unspecified atom stereocenters. The number of piperidine rings is 1. The molecule has 0 bridgehead atoms. The van der Waals surface area contributed by atoms with Gasteiger partial charge in [0.05, 0.1) is 6.10 Å². The Morgan fingerprint density at radius 3 is 2.74 bits per heavy atom. The highest BCUT2D eigenvalue weighted by Crippen LogP contribution is 2.26. The van der Waals surface area contributed by atoms with Crippen molar-refractivity contribution in [3.63, 3.8) is 0 Å². The third-order valence-electron chi connectivity index (χ3n) is 4.08. The summed E-state index contributed by atoms with van der Waals surface area (Å²) in [5.74, 6) is 0. The molecule has 2 atom stereocenters. The van der Waals surface area contributed by atoms with Gasteiger partial charge in [0.2, 0.25) is 0 Å². The summed E-state index contributed by atoms with van der Waals surface area (Å²) in [5, 5.41) is 3.37. The third kappa shape index (κ3) is 6.24. The van der Waals surface area contributed by atoms with Gasteiger partial charge >= 0.3 is 0 Å². The minimum absolute atomic E-state index is 0.399. The molecule has 19 heavy (non-hydrogen) atoms. The first-order chi connectivity index (χ1) is 9.13. The van der Waals surface area contributed by atoms with Crippen LogP contribution in [0.25, 0.3) is 0 Å². The molecule has 0 aromatic heterocycles. The van der Waals surface area contributed by atoms with Crippen LogP contribution in [0, 0.1) is 5.41 Å². The number of likely N-dealkylation sites (tertiary alicyclic amines) is 1. The molecule has 1 fully saturated rings. The molecular weight excluding hydrogens is 236 g/mol. The predicted octanol–water partition coefficient (Wildman–Crippen LogP) is 2.90. The minimum Gasteiger partial charge on any atom is -0.377 e. The summed E-state index contributed by atoms with van der Waals surface area (Å²) in [5.41, 5.74) is 0.399. The molecule has 114 valence electrons. The normalized spacial score (nSPS) is 24.3. The maximum Gasteiger partial charge on any atom is 0.0702 e. The van der Waals surface area contributed by atoms with Crippen LogP contribution in [0.1, 0.15) is 52.9 Å². The average molecular weight is 270 g/mol. The Morgan fingerprint density at radius 2 is 2.11 bits per heavy atom. The van der Waals surface area contributed by atoms with Crippen molar-refractivity contribution in [2.45, 2.75) is 59.0 Å². The van der Waals surface area contributed by atoms with Crippen LogP contribution < -0.4 is 5.32 Å². The van der Waals surface area contributed by atoms with Crippen LogP contribution in [0.5, 0.6) is 0 Å². The largest absolute Gasteiger partial charge is 0.377 e. The van der Waals surface area contributed by atoms with Gasteiger partial charge in [0.1, 0.15) is 0 Å². The van der Waals surface area contributed by atoms with E-state index in [-0.39, 0.29) is 0 Å². The van der Waals surface area contributed by atoms with E-state index in [1.165, 1.54) is 38.8 Å². The van der Waals surface area contributed by atoms with Crippen molar-refractivity contribution < 1.29 is 4.74 Å². The van der Waals surface area contributed by atoms with E-state index < -0.39 is 0 Å². The lowest BCUT2D eigenvalue weighted by Crippen LogP contribution is -2.47. The highest BCUT2D eigenvalue weighted by molar-refractivity contribution is 4.83. The van der Waals surface area contributed by atoms with Gasteiger partial charge < -0.3 is 15.0 Å². The van der Waals surface area contributed by atoms with Crippen molar-refractivity contribution in [1.82, 2.24) is 10.2 Å². The summed E-state index contributed by atoms with van der Waals surface area (Å²) in [6.07, 6.45) is 6.69. The molecule has 1 N–H and O–H groups in total. The number of nitrogens with zero attached hydrogens (tertiary/aromatic N) is 1. The maximum absolute atomic E-state index is 5.94. The van der Waals surface area contributed by atoms with Gasteiger partial charge in [0.15, 0.2) is 0 Å². The number of hydrogen-bond donors (Lipinski definition) is 1. The van der Waals surface area contributed by atoms with Crippen molar-refractivity contribution in [3.8, 4) is 0 Å². The van der Waals surface area contributed by atoms with Crippen LogP contribution in [0.3, 0.4) is 0 Å². The van der Waals surface area contributed by atoms with Crippen LogP contribution in [-0.4, -0.2) is 50.8 Å². The van der Waals surface area contributed by atoms with Crippen molar-refractivity contribution in [3.05, 3.63) is 0 Å². The van der Waals surface area contributed by atoms with Crippen molar-refractivity contribution >= 4 is 0 Å². The summed E-state index contributed by atoms with van der Waals surface area (Å²) in [4.78, 5) is 2.62. The first-order valence-electron chi connectivity index (χ1n) is 8.12. The number of ether oxygens (including phenoxy) is 1. The molecule has 0 aromatic carbocycles. The topological polar surface area (TPSA) is 24.5 Å². The molecule has 1 heterocycles. The standard InChI is InChI=1S/C16H34N2O/c1-5-9-16(3,13-17-4)14-18-10-7-8-15(12-18)19-11-6-2/h15,17H,5-14H2,1-4H3. The molecule has 0 saturated carbocycles. The van der Waals surface area contributed by atoms with Crippen LogP contribution in [0.2, 0.25) is 0 Å². The average Bonchev–Trinajstić information content (AvgIpc) is 2.37. The highest BCUT2D eigenvalue weighted by atomic mass is 16.5. The molecule has 3 nitrogen and oxygen atoms in total. The van der Waals surface area contributed by atoms with Crippen molar-refractivity contribution in [1.29, 1.82) is 0 Å². The van der Waals surface area contributed by atoms with Gasteiger partial charge in [-0.3, -0.25) is 0 Å². The van der Waals surface area contributed by atoms with Gasteiger partial charge in [0.25, 0.3) is 0 Å². The summed E-state index contributed by atoms with van der Waals surface area (Å²) in [6.45, 7) is 12.5. The molecular formula is C16H34N2O. The second-order valence-electron chi connectivity index (χ2n) is 6.46. The van der Waals surface area contributed by atoms with E-state index in [0.717, 1.165) is 26.1 Å². The Labute approximate surface area is 120 Å². The zero-order valence-electron chi connectivity index (χ0n) is 13.5. The van der Waals surface area contributed by atoms with Crippen LogP contribution >= 0.6 is 0 Å². The molecule has 0 radical (unpaired) electrons. The predicted molar refractivity (Wildman–Crippen MR) is 82.6 cm³/mol. The fraction of sp³-hybridized carbons (Fsp3) is 1.00. The smallest absolute Gasteiger partial charge is 0.0702 e. The van der Waals surface area contributed by atoms with E-state index in [4.69, 9.17) is 4.74 Å². The Kier molecular flexibility index (Phi) is 7.96. The van der Waals surface area contributed by atoms with E-state index >= 15 is 0 Å². The summed E-state index contributed by atoms with van der Waals surface area (Å²) >= 11 is 0. The molecule has 0 aliphatic carbocycles. The molecule has 0 spiro atoms. The van der Waals surface area contributed by atoms with Crippen LogP contribution in [-0.2, 0) is 4.74 Å². The first-order valence-corrected chi connectivity index (χ1v) is 8.12. The van der Waals surface area contributed by atoms with E-state index in [2.05, 4.69) is 38.0 Å². The van der Waals surface area contributed by atoms with Crippen LogP contribution in [0.15, 0.2) is 0 Å². The van der Waals surface area contributed by atoms with Crippen molar-refractivity contribution in [2.24, 2.45) is 5.41 Å². The summed E-state index contributed by atoms with van der Waals surface area (Å²) in [6, 6.07) is 0. The lowest BCUT2D eigenvalue weighted by atomic mass is 9.84. The Morgan fingerprint density at radius 1 is 1.32 bits per heavy atom. The Hall–Kier alpha value is -0.120. The van der Waals surface area contributed by atoms with Gasteiger partial charge in [-0.1, -0.05) is 27.2 Å². The SMILES string of the molecule is CCCOC1CCCN(CC(C)(CCC)CNC)C1. The molecule has 1 saturated heterocycles. The van der Waals surface area contributed by atoms with Gasteiger partial charge in [-0.2, -0.15) is 0 Å². The monoisotopic (exact) mass is 270 g/mol. The van der Waals surface area contributed by atoms with Gasteiger partial charge in [0, 0.05) is 26.2 Å². The highest BCUT2D eigenvalue weighted by Gasteiger charge is 2.28. The van der Waals surface area contributed by atoms with E-state index in [0.29, 0.717) is 11.5 Å². The quantitative estimate of drug-likeness (QED) is 0.697. The fourth-order valence-corrected chi connectivity index (χ4v) is 3.37. The first kappa shape index (κ1) is 16.9. The van der Waals surface area contributed by atoms with E-state index in [1.54, 1.807) is 0 Å².